The van der Waals surface area contributed by atoms with Gasteiger partial charge in [0, 0.05) is 5.56 Å². The second kappa shape index (κ2) is 9.65. The summed E-state index contributed by atoms with van der Waals surface area (Å²) in [5.74, 6) is -0.348. The van der Waals surface area contributed by atoms with Gasteiger partial charge in [-0.2, -0.15) is 0 Å². The van der Waals surface area contributed by atoms with E-state index >= 15 is 0 Å². The second-order valence-electron chi connectivity index (χ2n) is 8.30. The predicted octanol–water partition coefficient (Wildman–Crippen LogP) is 5.28. The first-order valence-electron chi connectivity index (χ1n) is 10.3. The Morgan fingerprint density at radius 3 is 2.27 bits per heavy atom. The number of hydrogen-bond donors (Lipinski definition) is 2. The normalized spacial score (nSPS) is 10.9. The second-order valence-corrected chi connectivity index (χ2v) is 8.30. The molecule has 0 radical (unpaired) electrons. The van der Waals surface area contributed by atoms with Gasteiger partial charge in [-0.1, -0.05) is 24.3 Å². The Labute approximate surface area is 192 Å². The van der Waals surface area contributed by atoms with Crippen LogP contribution in [0.15, 0.2) is 60.7 Å². The third-order valence-corrected chi connectivity index (χ3v) is 4.75. The van der Waals surface area contributed by atoms with Crippen molar-refractivity contribution in [1.29, 1.82) is 0 Å². The maximum atomic E-state index is 13.0. The van der Waals surface area contributed by atoms with Crippen molar-refractivity contribution in [3.05, 3.63) is 71.8 Å². The number of aromatic hydroxyl groups is 1. The Hall–Kier alpha value is -4.00. The Kier molecular flexibility index (Phi) is 6.92. The highest BCUT2D eigenvalue weighted by atomic mass is 16.6. The number of anilines is 1. The van der Waals surface area contributed by atoms with E-state index in [1.54, 1.807) is 52.1 Å². The quantitative estimate of drug-likeness (QED) is 0.497. The molecule has 7 heteroatoms. The summed E-state index contributed by atoms with van der Waals surface area (Å²) in [6.45, 7) is 5.29. The van der Waals surface area contributed by atoms with Crippen LogP contribution in [0.5, 0.6) is 17.2 Å². The van der Waals surface area contributed by atoms with Gasteiger partial charge in [0.05, 0.1) is 31.0 Å². The Morgan fingerprint density at radius 1 is 0.879 bits per heavy atom. The average Bonchev–Trinajstić information content (AvgIpc) is 2.78. The number of phenols is 1. The number of benzene rings is 3. The van der Waals surface area contributed by atoms with Crippen molar-refractivity contribution in [2.24, 2.45) is 0 Å². The highest BCUT2D eigenvalue weighted by Crippen LogP contribution is 2.34. The molecule has 0 fully saturated rings. The predicted molar refractivity (Wildman–Crippen MR) is 126 cm³/mol. The first-order valence-corrected chi connectivity index (χ1v) is 10.3. The topological polar surface area (TPSA) is 94.1 Å². The SMILES string of the molecule is COc1ccc(O)c(C(=O)Nc2cc(-c3ccccc3OC)ccc2C(=O)OC(C)(C)C)c1. The Morgan fingerprint density at radius 2 is 1.61 bits per heavy atom. The number of carbonyl (C=O) groups is 2. The van der Waals surface area contributed by atoms with Gasteiger partial charge in [-0.15, -0.1) is 0 Å². The number of ether oxygens (including phenoxy) is 3. The van der Waals surface area contributed by atoms with E-state index in [9.17, 15) is 14.7 Å². The molecule has 0 aliphatic heterocycles. The van der Waals surface area contributed by atoms with E-state index in [1.807, 2.05) is 24.3 Å². The van der Waals surface area contributed by atoms with Crippen LogP contribution in [0.4, 0.5) is 5.69 Å². The summed E-state index contributed by atoms with van der Waals surface area (Å²) >= 11 is 0. The zero-order valence-electron chi connectivity index (χ0n) is 19.3. The largest absolute Gasteiger partial charge is 0.507 e. The Bertz CT molecular complexity index is 1180. The molecule has 0 aromatic heterocycles. The number of nitrogens with one attached hydrogen (secondary N) is 1. The number of carbonyl (C=O) groups excluding carboxylic acids is 2. The molecule has 3 rings (SSSR count). The molecule has 33 heavy (non-hydrogen) atoms. The number of methoxy groups -OCH3 is 2. The van der Waals surface area contributed by atoms with E-state index < -0.39 is 17.5 Å². The minimum atomic E-state index is -0.718. The highest BCUT2D eigenvalue weighted by molar-refractivity contribution is 6.10. The zero-order chi connectivity index (χ0) is 24.2. The van der Waals surface area contributed by atoms with Gasteiger partial charge in [-0.3, -0.25) is 4.79 Å². The van der Waals surface area contributed by atoms with Gasteiger partial charge in [0.1, 0.15) is 22.8 Å². The van der Waals surface area contributed by atoms with Crippen LogP contribution in [-0.4, -0.2) is 36.8 Å². The molecule has 0 aliphatic carbocycles. The fourth-order valence-electron chi connectivity index (χ4n) is 3.22. The number of amides is 1. The first kappa shape index (κ1) is 23.7. The van der Waals surface area contributed by atoms with E-state index in [0.29, 0.717) is 11.5 Å². The van der Waals surface area contributed by atoms with E-state index in [0.717, 1.165) is 11.1 Å². The maximum absolute atomic E-state index is 13.0. The third kappa shape index (κ3) is 5.63. The molecule has 3 aromatic rings. The van der Waals surface area contributed by atoms with Gasteiger partial charge in [0.15, 0.2) is 0 Å². The summed E-state index contributed by atoms with van der Waals surface area (Å²) in [5.41, 5.74) is 1.22. The molecule has 172 valence electrons. The van der Waals surface area contributed by atoms with Crippen molar-refractivity contribution in [1.82, 2.24) is 0 Å². The summed E-state index contributed by atoms with van der Waals surface area (Å²) in [6, 6.07) is 16.8. The lowest BCUT2D eigenvalue weighted by Crippen LogP contribution is -2.25. The summed E-state index contributed by atoms with van der Waals surface area (Å²) in [4.78, 5) is 25.9. The molecular formula is C26H27NO6. The lowest BCUT2D eigenvalue weighted by atomic mass is 10.0. The van der Waals surface area contributed by atoms with Gasteiger partial charge in [-0.05, 0) is 62.7 Å². The van der Waals surface area contributed by atoms with Crippen molar-refractivity contribution in [2.75, 3.05) is 19.5 Å². The van der Waals surface area contributed by atoms with Crippen molar-refractivity contribution in [3.63, 3.8) is 0 Å². The molecule has 0 aliphatic rings. The number of rotatable bonds is 6. The average molecular weight is 450 g/mol. The van der Waals surface area contributed by atoms with Crippen LogP contribution in [0, 0.1) is 0 Å². The molecule has 0 unspecified atom stereocenters. The van der Waals surface area contributed by atoms with Crippen molar-refractivity contribution in [3.8, 4) is 28.4 Å². The fourth-order valence-corrected chi connectivity index (χ4v) is 3.22. The van der Waals surface area contributed by atoms with Gasteiger partial charge >= 0.3 is 5.97 Å². The van der Waals surface area contributed by atoms with Crippen molar-refractivity contribution < 1.29 is 28.9 Å². The number of hydrogen-bond acceptors (Lipinski definition) is 6. The van der Waals surface area contributed by atoms with E-state index in [4.69, 9.17) is 14.2 Å². The molecular weight excluding hydrogens is 422 g/mol. The Balaban J connectivity index is 2.07. The summed E-state index contributed by atoms with van der Waals surface area (Å²) in [7, 11) is 3.04. The molecule has 0 heterocycles. The molecule has 2 N–H and O–H groups in total. The van der Waals surface area contributed by atoms with Crippen LogP contribution in [-0.2, 0) is 4.74 Å². The third-order valence-electron chi connectivity index (χ3n) is 4.75. The van der Waals surface area contributed by atoms with E-state index in [1.165, 1.54) is 19.2 Å². The highest BCUT2D eigenvalue weighted by Gasteiger charge is 2.23. The van der Waals surface area contributed by atoms with E-state index in [2.05, 4.69) is 5.32 Å². The molecule has 0 bridgehead atoms. The summed E-state index contributed by atoms with van der Waals surface area (Å²) < 4.78 is 16.1. The number of phenolic OH excluding ortho intramolecular Hbond substituents is 1. The zero-order valence-corrected chi connectivity index (χ0v) is 19.3. The monoisotopic (exact) mass is 449 g/mol. The molecule has 1 amide bonds. The smallest absolute Gasteiger partial charge is 0.340 e. The number of esters is 1. The van der Waals surface area contributed by atoms with Gasteiger partial charge in [0.25, 0.3) is 5.91 Å². The number of para-hydroxylation sites is 1. The molecule has 7 nitrogen and oxygen atoms in total. The van der Waals surface area contributed by atoms with Crippen LogP contribution in [0.1, 0.15) is 41.5 Å². The molecule has 0 saturated heterocycles. The maximum Gasteiger partial charge on any atom is 0.340 e. The molecule has 0 saturated carbocycles. The van der Waals surface area contributed by atoms with E-state index in [-0.39, 0.29) is 22.6 Å². The summed E-state index contributed by atoms with van der Waals surface area (Å²) in [6.07, 6.45) is 0. The molecule has 3 aromatic carbocycles. The van der Waals surface area contributed by atoms with Gasteiger partial charge in [0.2, 0.25) is 0 Å². The standard InChI is InChI=1S/C26H27NO6/c1-26(2,3)33-25(30)19-12-10-16(18-8-6-7-9-23(18)32-5)14-21(19)27-24(29)20-15-17(31-4)11-13-22(20)28/h6-15,28H,1-5H3,(H,27,29). The molecule has 0 spiro atoms. The van der Waals surface area contributed by atoms with Crippen LogP contribution in [0.25, 0.3) is 11.1 Å². The van der Waals surface area contributed by atoms with Crippen molar-refractivity contribution >= 4 is 17.6 Å². The van der Waals surface area contributed by atoms with Crippen LogP contribution in [0.2, 0.25) is 0 Å². The minimum absolute atomic E-state index is 0.00665. The summed E-state index contributed by atoms with van der Waals surface area (Å²) in [5, 5.41) is 12.9. The van der Waals surface area contributed by atoms with Crippen LogP contribution in [0.3, 0.4) is 0 Å². The van der Waals surface area contributed by atoms with Gasteiger partial charge in [-0.25, -0.2) is 4.79 Å². The van der Waals surface area contributed by atoms with Crippen LogP contribution >= 0.6 is 0 Å². The fraction of sp³-hybridized carbons (Fsp3) is 0.231. The van der Waals surface area contributed by atoms with Crippen molar-refractivity contribution in [2.45, 2.75) is 26.4 Å². The lowest BCUT2D eigenvalue weighted by molar-refractivity contribution is 0.00708. The van der Waals surface area contributed by atoms with Crippen LogP contribution < -0.4 is 14.8 Å². The lowest BCUT2D eigenvalue weighted by Gasteiger charge is -2.21. The molecule has 0 atom stereocenters. The minimum Gasteiger partial charge on any atom is -0.507 e. The first-order chi connectivity index (χ1) is 15.6. The van der Waals surface area contributed by atoms with Gasteiger partial charge < -0.3 is 24.6 Å².